The Morgan fingerprint density at radius 2 is 2.03 bits per heavy atom. The van der Waals surface area contributed by atoms with E-state index in [0.717, 1.165) is 17.5 Å². The van der Waals surface area contributed by atoms with Gasteiger partial charge in [-0.2, -0.15) is 5.26 Å². The number of rotatable bonds is 4. The summed E-state index contributed by atoms with van der Waals surface area (Å²) in [5, 5.41) is 10.0. The van der Waals surface area contributed by atoms with Crippen molar-refractivity contribution in [2.24, 2.45) is 11.7 Å². The lowest BCUT2D eigenvalue weighted by molar-refractivity contribution is -0.115. The minimum Gasteiger partial charge on any atom is -0.490 e. The zero-order valence-electron chi connectivity index (χ0n) is 16.3. The van der Waals surface area contributed by atoms with Crippen LogP contribution >= 0.6 is 0 Å². The van der Waals surface area contributed by atoms with E-state index >= 15 is 4.39 Å². The van der Waals surface area contributed by atoms with Crippen molar-refractivity contribution in [3.05, 3.63) is 59.6 Å². The van der Waals surface area contributed by atoms with Crippen molar-refractivity contribution in [1.82, 2.24) is 4.98 Å². The number of halogens is 2. The molecule has 0 aliphatic heterocycles. The number of nitrogens with two attached hydrogens (primary N) is 1. The van der Waals surface area contributed by atoms with Crippen molar-refractivity contribution in [3.8, 4) is 11.8 Å². The first-order valence-electron chi connectivity index (χ1n) is 9.92. The molecule has 7 heteroatoms. The van der Waals surface area contributed by atoms with Crippen LogP contribution in [0.4, 0.5) is 8.78 Å². The maximum Gasteiger partial charge on any atom is 0.244 e. The number of nitrogens with zero attached hydrogens (tertiary/aromatic N) is 2. The molecule has 1 aromatic heterocycles. The smallest absolute Gasteiger partial charge is 0.244 e. The Labute approximate surface area is 172 Å². The number of hydrogen-bond acceptors (Lipinski definition) is 4. The van der Waals surface area contributed by atoms with Crippen molar-refractivity contribution in [2.45, 2.75) is 43.9 Å². The zero-order chi connectivity index (χ0) is 21.3. The third kappa shape index (κ3) is 3.78. The highest BCUT2D eigenvalue weighted by Crippen LogP contribution is 2.44. The van der Waals surface area contributed by atoms with Gasteiger partial charge in [-0.1, -0.05) is 6.07 Å². The molecule has 0 saturated heterocycles. The zero-order valence-corrected chi connectivity index (χ0v) is 16.3. The number of para-hydroxylation sites is 1. The number of hydrogen-bond donors (Lipinski definition) is 1. The highest BCUT2D eigenvalue weighted by molar-refractivity contribution is 5.93. The number of fused-ring (bicyclic) bond motifs is 1. The Morgan fingerprint density at radius 1 is 1.27 bits per heavy atom. The molecule has 0 radical (unpaired) electrons. The second-order valence-electron chi connectivity index (χ2n) is 7.88. The average molecular weight is 409 g/mol. The van der Waals surface area contributed by atoms with E-state index in [2.05, 4.69) is 11.1 Å². The summed E-state index contributed by atoms with van der Waals surface area (Å²) in [4.78, 5) is 15.7. The first-order chi connectivity index (χ1) is 14.4. The number of pyridine rings is 1. The molecule has 1 amide bonds. The summed E-state index contributed by atoms with van der Waals surface area (Å²) in [5.74, 6) is -1.32. The molecule has 1 saturated carbocycles. The Morgan fingerprint density at radius 3 is 2.73 bits per heavy atom. The summed E-state index contributed by atoms with van der Waals surface area (Å²) in [5.41, 5.74) is 4.37. The number of alkyl halides is 1. The number of allylic oxidation sites excluding steroid dienone is 3. The van der Waals surface area contributed by atoms with Gasteiger partial charge in [0.1, 0.15) is 23.3 Å². The van der Waals surface area contributed by atoms with Crippen LogP contribution < -0.4 is 10.5 Å². The topological polar surface area (TPSA) is 89.0 Å². The third-order valence-corrected chi connectivity index (χ3v) is 5.97. The molecular formula is C23H21F2N3O2. The Balaban J connectivity index is 1.46. The molecule has 2 aliphatic carbocycles. The molecule has 30 heavy (non-hydrogen) atoms. The van der Waals surface area contributed by atoms with Crippen LogP contribution in [0.25, 0.3) is 10.9 Å². The lowest BCUT2D eigenvalue weighted by Crippen LogP contribution is -2.39. The monoisotopic (exact) mass is 409 g/mol. The number of nitriles is 1. The van der Waals surface area contributed by atoms with Crippen LogP contribution in [0.3, 0.4) is 0 Å². The maximum atomic E-state index is 15.5. The predicted molar refractivity (Wildman–Crippen MR) is 108 cm³/mol. The van der Waals surface area contributed by atoms with Gasteiger partial charge in [-0.05, 0) is 62.0 Å². The molecule has 1 fully saturated rings. The first-order valence-corrected chi connectivity index (χ1v) is 9.92. The number of amides is 1. The van der Waals surface area contributed by atoms with Gasteiger partial charge in [0, 0.05) is 23.6 Å². The molecule has 5 nitrogen and oxygen atoms in total. The quantitative estimate of drug-likeness (QED) is 0.809. The summed E-state index contributed by atoms with van der Waals surface area (Å²) in [6.07, 6.45) is 5.49. The van der Waals surface area contributed by atoms with Crippen molar-refractivity contribution in [3.63, 3.8) is 0 Å². The number of primary amides is 1. The number of aromatic nitrogens is 1. The van der Waals surface area contributed by atoms with Crippen LogP contribution in [0.2, 0.25) is 0 Å². The van der Waals surface area contributed by atoms with Crippen LogP contribution in [0.15, 0.2) is 54.0 Å². The molecule has 2 N–H and O–H groups in total. The van der Waals surface area contributed by atoms with Crippen molar-refractivity contribution in [1.29, 1.82) is 5.26 Å². The van der Waals surface area contributed by atoms with Gasteiger partial charge in [0.25, 0.3) is 0 Å². The normalized spacial score (nSPS) is 26.4. The van der Waals surface area contributed by atoms with E-state index in [1.807, 2.05) is 6.07 Å². The summed E-state index contributed by atoms with van der Waals surface area (Å²) in [7, 11) is 0. The standard InChI is InChI=1S/C23H21F2N3O2/c24-17-10-15(22(27)29)11-23(25,12-17)16-4-6-18(7-5-16)30-20-8-9-28-21-14(13-26)2-1-3-19(20)21/h1-3,8-10,12,16,18H,4-7,11H2,(H2,27,29). The summed E-state index contributed by atoms with van der Waals surface area (Å²) < 4.78 is 35.6. The lowest BCUT2D eigenvalue weighted by atomic mass is 9.72. The number of carbonyl (C=O) groups excluding carboxylic acids is 1. The van der Waals surface area contributed by atoms with Crippen LogP contribution in [0.1, 0.15) is 37.7 Å². The SMILES string of the molecule is N#Cc1cccc2c(OC3CCC(C4(F)C=C(F)C=C(C(N)=O)C4)CC3)ccnc12. The van der Waals surface area contributed by atoms with E-state index in [1.165, 1.54) is 0 Å². The fourth-order valence-electron chi connectivity index (χ4n) is 4.44. The average Bonchev–Trinajstić information content (AvgIpc) is 2.73. The van der Waals surface area contributed by atoms with Gasteiger partial charge in [0.05, 0.1) is 17.2 Å². The molecule has 2 aromatic rings. The van der Waals surface area contributed by atoms with Gasteiger partial charge in [0.15, 0.2) is 0 Å². The highest BCUT2D eigenvalue weighted by Gasteiger charge is 2.43. The summed E-state index contributed by atoms with van der Waals surface area (Å²) >= 11 is 0. The van der Waals surface area contributed by atoms with Crippen LogP contribution in [0, 0.1) is 17.2 Å². The molecule has 0 bridgehead atoms. The van der Waals surface area contributed by atoms with Crippen LogP contribution in [0.5, 0.6) is 5.75 Å². The molecule has 154 valence electrons. The summed E-state index contributed by atoms with van der Waals surface area (Å²) in [6.45, 7) is 0. The Hall–Kier alpha value is -3.27. The van der Waals surface area contributed by atoms with E-state index in [4.69, 9.17) is 10.5 Å². The number of carbonyl (C=O) groups is 1. The highest BCUT2D eigenvalue weighted by atomic mass is 19.1. The maximum absolute atomic E-state index is 15.5. The Bertz CT molecular complexity index is 1100. The van der Waals surface area contributed by atoms with E-state index in [-0.39, 0.29) is 18.1 Å². The second-order valence-corrected chi connectivity index (χ2v) is 7.88. The molecule has 2 aliphatic rings. The van der Waals surface area contributed by atoms with Crippen molar-refractivity contribution >= 4 is 16.8 Å². The molecular weight excluding hydrogens is 388 g/mol. The van der Waals surface area contributed by atoms with Crippen LogP contribution in [-0.4, -0.2) is 22.7 Å². The van der Waals surface area contributed by atoms with E-state index in [0.29, 0.717) is 42.5 Å². The molecule has 1 heterocycles. The summed E-state index contributed by atoms with van der Waals surface area (Å²) in [6, 6.07) is 9.23. The second kappa shape index (κ2) is 7.86. The van der Waals surface area contributed by atoms with Crippen molar-refractivity contribution < 1.29 is 18.3 Å². The fraction of sp³-hybridized carbons (Fsp3) is 0.348. The number of benzene rings is 1. The number of ether oxygens (including phenoxy) is 1. The van der Waals surface area contributed by atoms with Gasteiger partial charge >= 0.3 is 0 Å². The molecule has 1 unspecified atom stereocenters. The molecule has 1 atom stereocenters. The minimum atomic E-state index is -1.92. The molecule has 1 aromatic carbocycles. The van der Waals surface area contributed by atoms with Crippen molar-refractivity contribution in [2.75, 3.05) is 0 Å². The third-order valence-electron chi connectivity index (χ3n) is 5.97. The van der Waals surface area contributed by atoms with Crippen LogP contribution in [-0.2, 0) is 4.79 Å². The van der Waals surface area contributed by atoms with Gasteiger partial charge < -0.3 is 10.5 Å². The largest absolute Gasteiger partial charge is 0.490 e. The molecule has 4 rings (SSSR count). The van der Waals surface area contributed by atoms with Gasteiger partial charge in [-0.3, -0.25) is 9.78 Å². The lowest BCUT2D eigenvalue weighted by Gasteiger charge is -2.38. The fourth-order valence-corrected chi connectivity index (χ4v) is 4.44. The van der Waals surface area contributed by atoms with E-state index in [9.17, 15) is 14.4 Å². The van der Waals surface area contributed by atoms with Gasteiger partial charge in [0.2, 0.25) is 5.91 Å². The van der Waals surface area contributed by atoms with E-state index < -0.39 is 23.3 Å². The van der Waals surface area contributed by atoms with E-state index in [1.54, 1.807) is 24.4 Å². The Kier molecular flexibility index (Phi) is 5.25. The predicted octanol–water partition coefficient (Wildman–Crippen LogP) is 4.42. The molecule has 0 spiro atoms. The first kappa shape index (κ1) is 20.0. The van der Waals surface area contributed by atoms with Gasteiger partial charge in [-0.15, -0.1) is 0 Å². The van der Waals surface area contributed by atoms with Gasteiger partial charge in [-0.25, -0.2) is 8.78 Å². The minimum absolute atomic E-state index is 0.0209.